The Hall–Kier alpha value is -3.20. The largest absolute Gasteiger partial charge is 0.435 e. The average molecular weight is 549 g/mol. The molecule has 0 aliphatic carbocycles. The van der Waals surface area contributed by atoms with Gasteiger partial charge in [0.2, 0.25) is 11.8 Å². The smallest absolute Gasteiger partial charge is 0.354 e. The van der Waals surface area contributed by atoms with Crippen LogP contribution in [0, 0.1) is 6.92 Å². The molecule has 1 aliphatic rings. The van der Waals surface area contributed by atoms with E-state index in [1.807, 2.05) is 0 Å². The lowest BCUT2D eigenvalue weighted by Crippen LogP contribution is -2.33. The molecule has 1 aromatic heterocycles. The summed E-state index contributed by atoms with van der Waals surface area (Å²) in [6.07, 6.45) is -5.81. The number of amides is 2. The molecular formula is C22H25F5N6O3S. The molecule has 1 atom stereocenters. The molecule has 0 radical (unpaired) electrons. The van der Waals surface area contributed by atoms with Crippen LogP contribution in [0.3, 0.4) is 0 Å². The molecule has 37 heavy (non-hydrogen) atoms. The molecule has 0 saturated carbocycles. The highest BCUT2D eigenvalue weighted by atomic mass is 32.2. The van der Waals surface area contributed by atoms with Crippen molar-refractivity contribution in [3.05, 3.63) is 41.1 Å². The molecule has 1 saturated heterocycles. The highest BCUT2D eigenvalue weighted by molar-refractivity contribution is 7.83. The van der Waals surface area contributed by atoms with Crippen LogP contribution in [0.4, 0.5) is 33.5 Å². The molecule has 3 rings (SSSR count). The van der Waals surface area contributed by atoms with Crippen molar-refractivity contribution in [2.75, 3.05) is 36.9 Å². The van der Waals surface area contributed by atoms with E-state index in [9.17, 15) is 35.8 Å². The number of aromatic nitrogens is 2. The van der Waals surface area contributed by atoms with Crippen molar-refractivity contribution in [1.82, 2.24) is 20.2 Å². The van der Waals surface area contributed by atoms with Crippen LogP contribution >= 0.6 is 0 Å². The number of carbonyl (C=O) groups excluding carboxylic acids is 2. The molecule has 9 nitrogen and oxygen atoms in total. The number of anilines is 2. The van der Waals surface area contributed by atoms with Crippen LogP contribution in [-0.2, 0) is 22.0 Å². The van der Waals surface area contributed by atoms with Crippen LogP contribution in [0.15, 0.2) is 29.2 Å². The second-order valence-corrected chi connectivity index (χ2v) is 9.59. The molecule has 2 aromatic rings. The second-order valence-electron chi connectivity index (χ2n) is 8.37. The van der Waals surface area contributed by atoms with Gasteiger partial charge in [-0.15, -0.1) is 10.2 Å². The number of nitrogens with one attached hydrogen (secondary N) is 3. The summed E-state index contributed by atoms with van der Waals surface area (Å²) in [5.74, 6) is -4.70. The van der Waals surface area contributed by atoms with E-state index in [0.717, 1.165) is 6.92 Å². The van der Waals surface area contributed by atoms with Gasteiger partial charge in [0, 0.05) is 31.6 Å². The summed E-state index contributed by atoms with van der Waals surface area (Å²) in [5.41, 5.74) is -2.26. The van der Waals surface area contributed by atoms with E-state index in [0.29, 0.717) is 0 Å². The summed E-state index contributed by atoms with van der Waals surface area (Å²) in [5, 5.41) is 11.9. The Morgan fingerprint density at radius 1 is 1.16 bits per heavy atom. The van der Waals surface area contributed by atoms with E-state index < -0.39 is 64.6 Å². The Morgan fingerprint density at radius 3 is 2.57 bits per heavy atom. The van der Waals surface area contributed by atoms with Gasteiger partial charge in [-0.2, -0.15) is 13.2 Å². The standard InChI is InChI=1S/C22H25F5N6O3S/c1-13-17(20(35)29-14-5-3-6-15(11-14)37(36)32-16(34)12-28-2)19(31-30-18(13)22(25,26)27)33-9-4-7-21(23,24)8-10-33/h3,5-6,11,28H,4,7-10,12H2,1-2H3,(H,29,35)(H,32,34)/t37-/m1/s1. The predicted octanol–water partition coefficient (Wildman–Crippen LogP) is 3.04. The molecule has 1 aromatic carbocycles. The molecule has 2 heterocycles. The van der Waals surface area contributed by atoms with Gasteiger partial charge in [-0.25, -0.2) is 13.0 Å². The maximum absolute atomic E-state index is 13.9. The van der Waals surface area contributed by atoms with Crippen molar-refractivity contribution in [2.45, 2.75) is 43.2 Å². The molecule has 15 heteroatoms. The van der Waals surface area contributed by atoms with Gasteiger partial charge in [0.15, 0.2) is 22.5 Å². The Balaban J connectivity index is 1.95. The summed E-state index contributed by atoms with van der Waals surface area (Å²) < 4.78 is 83.1. The normalized spacial score (nSPS) is 16.6. The lowest BCUT2D eigenvalue weighted by Gasteiger charge is -2.25. The zero-order valence-electron chi connectivity index (χ0n) is 19.9. The Kier molecular flexibility index (Phi) is 8.79. The van der Waals surface area contributed by atoms with Crippen LogP contribution in [-0.4, -0.2) is 58.8 Å². The van der Waals surface area contributed by atoms with E-state index in [-0.39, 0.29) is 42.5 Å². The predicted molar refractivity (Wildman–Crippen MR) is 126 cm³/mol. The van der Waals surface area contributed by atoms with Gasteiger partial charge in [0.1, 0.15) is 0 Å². The Bertz CT molecular complexity index is 1190. The maximum atomic E-state index is 13.9. The zero-order chi connectivity index (χ0) is 27.4. The number of rotatable bonds is 7. The summed E-state index contributed by atoms with van der Waals surface area (Å²) in [6, 6.07) is 5.56. The number of alkyl halides is 5. The number of likely N-dealkylation sites (N-methyl/N-ethyl adjacent to an activating group) is 1. The Morgan fingerprint density at radius 2 is 1.89 bits per heavy atom. The molecule has 202 valence electrons. The van der Waals surface area contributed by atoms with Gasteiger partial charge in [0.05, 0.1) is 17.0 Å². The number of hydrogen-bond donors (Lipinski definition) is 3. The van der Waals surface area contributed by atoms with Crippen molar-refractivity contribution in [2.24, 2.45) is 0 Å². The number of hydrogen-bond acceptors (Lipinski definition) is 7. The number of carbonyl (C=O) groups is 2. The van der Waals surface area contributed by atoms with Crippen LogP contribution in [0.5, 0.6) is 0 Å². The number of benzene rings is 1. The lowest BCUT2D eigenvalue weighted by atomic mass is 10.1. The average Bonchev–Trinajstić information content (AvgIpc) is 2.98. The molecule has 0 bridgehead atoms. The van der Waals surface area contributed by atoms with E-state index in [1.165, 1.54) is 36.2 Å². The maximum Gasteiger partial charge on any atom is 0.435 e. The molecule has 0 unspecified atom stereocenters. The van der Waals surface area contributed by atoms with E-state index >= 15 is 0 Å². The molecule has 0 spiro atoms. The first-order chi connectivity index (χ1) is 17.3. The molecule has 1 aliphatic heterocycles. The monoisotopic (exact) mass is 548 g/mol. The fraction of sp³-hybridized carbons (Fsp3) is 0.455. The SMILES string of the molecule is CNCC(=O)N[S@](=O)c1cccc(NC(=O)c2c(N3CCCC(F)(F)CC3)nnc(C(F)(F)F)c2C)c1. The zero-order valence-corrected chi connectivity index (χ0v) is 20.7. The van der Waals surface area contributed by atoms with Crippen LogP contribution in [0.25, 0.3) is 0 Å². The molecular weight excluding hydrogens is 523 g/mol. The van der Waals surface area contributed by atoms with Crippen molar-refractivity contribution in [1.29, 1.82) is 0 Å². The summed E-state index contributed by atoms with van der Waals surface area (Å²) in [7, 11) is -0.431. The summed E-state index contributed by atoms with van der Waals surface area (Å²) in [6.45, 7) is 0.804. The minimum atomic E-state index is -4.90. The summed E-state index contributed by atoms with van der Waals surface area (Å²) in [4.78, 5) is 26.4. The van der Waals surface area contributed by atoms with Crippen molar-refractivity contribution >= 4 is 34.3 Å². The lowest BCUT2D eigenvalue weighted by molar-refractivity contribution is -0.142. The first kappa shape index (κ1) is 28.4. The fourth-order valence-corrected chi connectivity index (χ4v) is 4.62. The van der Waals surface area contributed by atoms with Crippen molar-refractivity contribution < 1.29 is 35.8 Å². The third-order valence-corrected chi connectivity index (χ3v) is 6.66. The third-order valence-electron chi connectivity index (χ3n) is 5.56. The van der Waals surface area contributed by atoms with E-state index in [2.05, 4.69) is 25.6 Å². The highest BCUT2D eigenvalue weighted by Gasteiger charge is 2.39. The van der Waals surface area contributed by atoms with Gasteiger partial charge < -0.3 is 15.5 Å². The third kappa shape index (κ3) is 7.19. The molecule has 2 amide bonds. The van der Waals surface area contributed by atoms with Crippen molar-refractivity contribution in [3.8, 4) is 0 Å². The minimum absolute atomic E-state index is 0.0446. The number of halogens is 5. The van der Waals surface area contributed by atoms with Crippen LogP contribution in [0.1, 0.15) is 40.9 Å². The van der Waals surface area contributed by atoms with Gasteiger partial charge in [0.25, 0.3) is 5.91 Å². The first-order valence-corrected chi connectivity index (χ1v) is 12.3. The molecule has 3 N–H and O–H groups in total. The topological polar surface area (TPSA) is 116 Å². The van der Waals surface area contributed by atoms with Gasteiger partial charge in [-0.05, 0) is 44.2 Å². The van der Waals surface area contributed by atoms with E-state index in [4.69, 9.17) is 0 Å². The highest BCUT2D eigenvalue weighted by Crippen LogP contribution is 2.36. The van der Waals surface area contributed by atoms with Gasteiger partial charge in [-0.3, -0.25) is 14.3 Å². The fourth-order valence-electron chi connectivity index (χ4n) is 3.79. The molecule has 1 fully saturated rings. The van der Waals surface area contributed by atoms with Crippen LogP contribution in [0.2, 0.25) is 0 Å². The first-order valence-electron chi connectivity index (χ1n) is 11.2. The Labute approximate surface area is 211 Å². The van der Waals surface area contributed by atoms with Gasteiger partial charge in [-0.1, -0.05) is 6.07 Å². The summed E-state index contributed by atoms with van der Waals surface area (Å²) >= 11 is 0. The number of nitrogens with zero attached hydrogens (tertiary/aromatic N) is 3. The second kappa shape index (κ2) is 11.5. The minimum Gasteiger partial charge on any atom is -0.354 e. The van der Waals surface area contributed by atoms with E-state index in [1.54, 1.807) is 0 Å². The van der Waals surface area contributed by atoms with Crippen molar-refractivity contribution in [3.63, 3.8) is 0 Å². The quantitative estimate of drug-likeness (QED) is 0.456. The van der Waals surface area contributed by atoms with Crippen LogP contribution < -0.4 is 20.3 Å². The van der Waals surface area contributed by atoms with Gasteiger partial charge >= 0.3 is 6.18 Å².